The fraction of sp³-hybridized carbons (Fsp3) is 0.500. The summed E-state index contributed by atoms with van der Waals surface area (Å²) in [6.45, 7) is -0.244. The van der Waals surface area contributed by atoms with Gasteiger partial charge in [0.15, 0.2) is 17.4 Å². The number of carbonyl (C=O) groups excluding carboxylic acids is 1. The third kappa shape index (κ3) is 4.24. The summed E-state index contributed by atoms with van der Waals surface area (Å²) in [6, 6.07) is 2.12. The monoisotopic (exact) mass is 336 g/mol. The molecule has 1 aliphatic carbocycles. The van der Waals surface area contributed by atoms with E-state index in [0.717, 1.165) is 37.8 Å². The molecule has 0 radical (unpaired) electrons. The minimum Gasteiger partial charge on any atom is -0.475 e. The van der Waals surface area contributed by atoms with Crippen molar-refractivity contribution in [2.45, 2.75) is 37.8 Å². The van der Waals surface area contributed by atoms with Crippen molar-refractivity contribution >= 4 is 5.91 Å². The molecule has 130 valence electrons. The molecule has 1 fully saturated rings. The molecule has 1 aromatic rings. The first-order chi connectivity index (χ1) is 11.4. The van der Waals surface area contributed by atoms with Crippen LogP contribution in [0.3, 0.4) is 0 Å². The second kappa shape index (κ2) is 8.11. The molecule has 1 aliphatic rings. The van der Waals surface area contributed by atoms with Crippen LogP contribution in [-0.4, -0.2) is 43.6 Å². The summed E-state index contributed by atoms with van der Waals surface area (Å²) in [7, 11) is 3.93. The molecule has 1 N–H and O–H groups in total. The lowest BCUT2D eigenvalue weighted by atomic mass is 9.89. The van der Waals surface area contributed by atoms with Crippen molar-refractivity contribution in [3.8, 4) is 18.1 Å². The molecule has 1 saturated carbocycles. The van der Waals surface area contributed by atoms with E-state index in [4.69, 9.17) is 11.2 Å². The molecular weight excluding hydrogens is 314 g/mol. The van der Waals surface area contributed by atoms with E-state index in [2.05, 4.69) is 16.1 Å². The summed E-state index contributed by atoms with van der Waals surface area (Å²) in [6.07, 6.45) is 8.98. The molecule has 6 heteroatoms. The largest absolute Gasteiger partial charge is 0.475 e. The molecule has 2 atom stereocenters. The quantitative estimate of drug-likeness (QED) is 0.841. The molecule has 1 amide bonds. The molecular formula is C18H22F2N2O2. The van der Waals surface area contributed by atoms with Crippen LogP contribution in [0, 0.1) is 24.0 Å². The van der Waals surface area contributed by atoms with Gasteiger partial charge in [0.1, 0.15) is 6.61 Å². The van der Waals surface area contributed by atoms with Crippen LogP contribution in [0.25, 0.3) is 0 Å². The van der Waals surface area contributed by atoms with E-state index in [1.165, 1.54) is 0 Å². The Morgan fingerprint density at radius 1 is 1.33 bits per heavy atom. The average molecular weight is 336 g/mol. The Bertz CT molecular complexity index is 617. The van der Waals surface area contributed by atoms with Crippen LogP contribution in [0.5, 0.6) is 5.75 Å². The van der Waals surface area contributed by atoms with Crippen molar-refractivity contribution in [3.63, 3.8) is 0 Å². The maximum Gasteiger partial charge on any atom is 0.251 e. The Kier molecular flexibility index (Phi) is 6.16. The molecule has 2 unspecified atom stereocenters. The van der Waals surface area contributed by atoms with E-state index in [1.807, 2.05) is 14.1 Å². The van der Waals surface area contributed by atoms with Gasteiger partial charge in [-0.3, -0.25) is 4.79 Å². The molecule has 4 nitrogen and oxygen atoms in total. The van der Waals surface area contributed by atoms with Crippen molar-refractivity contribution in [2.24, 2.45) is 0 Å². The molecule has 2 rings (SSSR count). The molecule has 24 heavy (non-hydrogen) atoms. The van der Waals surface area contributed by atoms with Gasteiger partial charge in [0.05, 0.1) is 0 Å². The molecule has 0 aromatic heterocycles. The number of rotatable bonds is 5. The first-order valence-electron chi connectivity index (χ1n) is 7.96. The smallest absolute Gasteiger partial charge is 0.251 e. The van der Waals surface area contributed by atoms with E-state index in [0.29, 0.717) is 0 Å². The number of terminal acetylenes is 1. The average Bonchev–Trinajstić information content (AvgIpc) is 2.54. The van der Waals surface area contributed by atoms with Gasteiger partial charge in [0, 0.05) is 17.6 Å². The van der Waals surface area contributed by atoms with Crippen LogP contribution in [-0.2, 0) is 0 Å². The third-order valence-corrected chi connectivity index (χ3v) is 4.27. The maximum absolute atomic E-state index is 14.0. The van der Waals surface area contributed by atoms with Crippen molar-refractivity contribution < 1.29 is 18.3 Å². The van der Waals surface area contributed by atoms with Crippen LogP contribution >= 0.6 is 0 Å². The first-order valence-corrected chi connectivity index (χ1v) is 7.96. The van der Waals surface area contributed by atoms with Gasteiger partial charge in [-0.05, 0) is 39.1 Å². The van der Waals surface area contributed by atoms with E-state index in [-0.39, 0.29) is 24.3 Å². The second-order valence-corrected chi connectivity index (χ2v) is 6.16. The van der Waals surface area contributed by atoms with Gasteiger partial charge in [-0.25, -0.2) is 8.78 Å². The number of amides is 1. The Morgan fingerprint density at radius 2 is 1.96 bits per heavy atom. The Hall–Kier alpha value is -2.13. The van der Waals surface area contributed by atoms with Crippen LogP contribution < -0.4 is 10.1 Å². The number of halogens is 2. The summed E-state index contributed by atoms with van der Waals surface area (Å²) in [5.74, 6) is -0.797. The van der Waals surface area contributed by atoms with Gasteiger partial charge in [-0.15, -0.1) is 6.42 Å². The molecule has 0 saturated heterocycles. The zero-order valence-electron chi connectivity index (χ0n) is 13.9. The predicted molar refractivity (Wildman–Crippen MR) is 87.9 cm³/mol. The highest BCUT2D eigenvalue weighted by Crippen LogP contribution is 2.25. The van der Waals surface area contributed by atoms with Crippen LogP contribution in [0.1, 0.15) is 36.0 Å². The standard InChI is InChI=1S/C18H22F2N2O2/c1-4-9-24-17-13(19)10-12(11-14(17)20)18(23)21-15-7-5-6-8-16(15)22(2)3/h1,10-11,15-16H,5-9H2,2-3H3,(H,21,23). The van der Waals surface area contributed by atoms with Gasteiger partial charge < -0.3 is 15.0 Å². The van der Waals surface area contributed by atoms with E-state index in [1.54, 1.807) is 0 Å². The van der Waals surface area contributed by atoms with Crippen molar-refractivity contribution in [1.82, 2.24) is 10.2 Å². The highest BCUT2D eigenvalue weighted by atomic mass is 19.1. The highest BCUT2D eigenvalue weighted by Gasteiger charge is 2.28. The first kappa shape index (κ1) is 18.2. The lowest BCUT2D eigenvalue weighted by Crippen LogP contribution is -2.51. The number of benzene rings is 1. The van der Waals surface area contributed by atoms with Crippen LogP contribution in [0.2, 0.25) is 0 Å². The highest BCUT2D eigenvalue weighted by molar-refractivity contribution is 5.94. The summed E-state index contributed by atoms with van der Waals surface area (Å²) in [5, 5.41) is 2.90. The van der Waals surface area contributed by atoms with Crippen LogP contribution in [0.15, 0.2) is 12.1 Å². The van der Waals surface area contributed by atoms with E-state index in [9.17, 15) is 13.6 Å². The fourth-order valence-corrected chi connectivity index (χ4v) is 3.09. The lowest BCUT2D eigenvalue weighted by Gasteiger charge is -2.36. The van der Waals surface area contributed by atoms with Gasteiger partial charge in [0.2, 0.25) is 0 Å². The van der Waals surface area contributed by atoms with E-state index < -0.39 is 23.3 Å². The molecule has 0 heterocycles. The van der Waals surface area contributed by atoms with Crippen molar-refractivity contribution in [3.05, 3.63) is 29.3 Å². The number of carbonyl (C=O) groups is 1. The number of hydrogen-bond donors (Lipinski definition) is 1. The van der Waals surface area contributed by atoms with Gasteiger partial charge >= 0.3 is 0 Å². The SMILES string of the molecule is C#CCOc1c(F)cc(C(=O)NC2CCCCC2N(C)C)cc1F. The summed E-state index contributed by atoms with van der Waals surface area (Å²) in [5.41, 5.74) is -0.0684. The minimum absolute atomic E-state index is 0.0373. The Balaban J connectivity index is 2.13. The van der Waals surface area contributed by atoms with Gasteiger partial charge in [0.25, 0.3) is 5.91 Å². The van der Waals surface area contributed by atoms with Crippen LogP contribution in [0.4, 0.5) is 8.78 Å². The normalized spacial score (nSPS) is 20.5. The topological polar surface area (TPSA) is 41.6 Å². The minimum atomic E-state index is -0.941. The number of ether oxygens (including phenoxy) is 1. The molecule has 1 aromatic carbocycles. The predicted octanol–water partition coefficient (Wildman–Crippen LogP) is 2.58. The number of nitrogens with one attached hydrogen (secondary N) is 1. The zero-order valence-corrected chi connectivity index (χ0v) is 13.9. The second-order valence-electron chi connectivity index (χ2n) is 6.16. The Labute approximate surface area is 141 Å². The van der Waals surface area contributed by atoms with Crippen molar-refractivity contribution in [2.75, 3.05) is 20.7 Å². The molecule has 0 bridgehead atoms. The van der Waals surface area contributed by atoms with Crippen molar-refractivity contribution in [1.29, 1.82) is 0 Å². The maximum atomic E-state index is 14.0. The number of hydrogen-bond acceptors (Lipinski definition) is 3. The third-order valence-electron chi connectivity index (χ3n) is 4.27. The fourth-order valence-electron chi connectivity index (χ4n) is 3.09. The zero-order chi connectivity index (χ0) is 17.7. The summed E-state index contributed by atoms with van der Waals surface area (Å²) >= 11 is 0. The van der Waals surface area contributed by atoms with Gasteiger partial charge in [-0.2, -0.15) is 0 Å². The molecule has 0 spiro atoms. The molecule has 0 aliphatic heterocycles. The summed E-state index contributed by atoms with van der Waals surface area (Å²) in [4.78, 5) is 14.4. The van der Waals surface area contributed by atoms with Gasteiger partial charge in [-0.1, -0.05) is 18.8 Å². The lowest BCUT2D eigenvalue weighted by molar-refractivity contribution is 0.0881. The summed E-state index contributed by atoms with van der Waals surface area (Å²) < 4.78 is 32.7. The Morgan fingerprint density at radius 3 is 2.54 bits per heavy atom. The number of likely N-dealkylation sites (N-methyl/N-ethyl adjacent to an activating group) is 1. The van der Waals surface area contributed by atoms with E-state index >= 15 is 0 Å². The number of nitrogens with zero attached hydrogens (tertiary/aromatic N) is 1.